The van der Waals surface area contributed by atoms with Crippen LogP contribution in [0.25, 0.3) is 5.69 Å². The zero-order valence-corrected chi connectivity index (χ0v) is 14.1. The molecule has 0 radical (unpaired) electrons. The number of aromatic nitrogens is 3. The van der Waals surface area contributed by atoms with Gasteiger partial charge < -0.3 is 5.32 Å². The minimum absolute atomic E-state index is 0.394. The lowest BCUT2D eigenvalue weighted by atomic mass is 10.1. The molecule has 0 saturated heterocycles. The third kappa shape index (κ3) is 3.80. The second kappa shape index (κ2) is 6.57. The number of rotatable bonds is 7. The van der Waals surface area contributed by atoms with Gasteiger partial charge in [-0.3, -0.25) is 4.57 Å². The average molecular weight is 339 g/mol. The highest BCUT2D eigenvalue weighted by atomic mass is 35.5. The highest BCUT2D eigenvalue weighted by molar-refractivity contribution is 6.50. The second-order valence-electron chi connectivity index (χ2n) is 5.97. The van der Waals surface area contributed by atoms with Crippen LogP contribution in [0.1, 0.15) is 32.0 Å². The fourth-order valence-electron chi connectivity index (χ4n) is 2.59. The first-order valence-corrected chi connectivity index (χ1v) is 8.37. The summed E-state index contributed by atoms with van der Waals surface area (Å²) in [7, 11) is 0. The summed E-state index contributed by atoms with van der Waals surface area (Å²) < 4.78 is 1.54. The third-order valence-corrected chi connectivity index (χ3v) is 5.09. The number of nitrogens with one attached hydrogen (secondary N) is 1. The van der Waals surface area contributed by atoms with Crippen LogP contribution in [0.3, 0.4) is 0 Å². The Hall–Kier alpha value is -1.10. The van der Waals surface area contributed by atoms with Crippen LogP contribution in [0.2, 0.25) is 0 Å². The molecule has 0 unspecified atom stereocenters. The minimum atomic E-state index is -0.465. The summed E-state index contributed by atoms with van der Waals surface area (Å²) >= 11 is 12.1. The minimum Gasteiger partial charge on any atom is -0.307 e. The molecule has 1 aliphatic rings. The van der Waals surface area contributed by atoms with Gasteiger partial charge in [0.05, 0.1) is 6.54 Å². The highest BCUT2D eigenvalue weighted by Gasteiger charge is 2.50. The van der Waals surface area contributed by atoms with Crippen molar-refractivity contribution >= 4 is 23.2 Å². The van der Waals surface area contributed by atoms with Crippen molar-refractivity contribution in [2.45, 2.75) is 43.1 Å². The van der Waals surface area contributed by atoms with Crippen molar-refractivity contribution in [2.75, 3.05) is 0 Å². The van der Waals surface area contributed by atoms with Crippen molar-refractivity contribution in [3.8, 4) is 5.69 Å². The van der Waals surface area contributed by atoms with Crippen LogP contribution < -0.4 is 5.32 Å². The van der Waals surface area contributed by atoms with E-state index < -0.39 is 4.33 Å². The van der Waals surface area contributed by atoms with Crippen molar-refractivity contribution < 1.29 is 0 Å². The highest BCUT2D eigenvalue weighted by Crippen LogP contribution is 2.55. The lowest BCUT2D eigenvalue weighted by Gasteiger charge is -2.14. The Bertz CT molecular complexity index is 612. The lowest BCUT2D eigenvalue weighted by molar-refractivity contribution is 0.473. The van der Waals surface area contributed by atoms with Crippen LogP contribution >= 0.6 is 23.2 Å². The Balaban J connectivity index is 1.51. The molecule has 1 aromatic heterocycles. The first-order valence-electron chi connectivity index (χ1n) is 7.62. The van der Waals surface area contributed by atoms with Gasteiger partial charge in [-0.1, -0.05) is 18.2 Å². The monoisotopic (exact) mass is 338 g/mol. The third-order valence-electron chi connectivity index (χ3n) is 4.17. The summed E-state index contributed by atoms with van der Waals surface area (Å²) in [5.41, 5.74) is 1.07. The van der Waals surface area contributed by atoms with Gasteiger partial charge in [-0.15, -0.1) is 33.4 Å². The number of halogens is 2. The molecule has 0 spiro atoms. The molecule has 0 amide bonds. The standard InChI is InChI=1S/C16H20Cl2N4/c1-12(7-8-13-9-16(13,17)18)19-10-15-21-20-11-22(15)14-5-3-2-4-6-14/h2-6,11-13,19H,7-10H2,1H3/t12-,13-/m0/s1. The Morgan fingerprint density at radius 3 is 2.77 bits per heavy atom. The van der Waals surface area contributed by atoms with Gasteiger partial charge in [-0.2, -0.15) is 0 Å². The fraction of sp³-hybridized carbons (Fsp3) is 0.500. The predicted octanol–water partition coefficient (Wildman–Crippen LogP) is 3.72. The van der Waals surface area contributed by atoms with E-state index in [1.54, 1.807) is 6.33 Å². The fourth-order valence-corrected chi connectivity index (χ4v) is 3.18. The molecule has 6 heteroatoms. The van der Waals surface area contributed by atoms with Crippen LogP contribution in [0, 0.1) is 5.92 Å². The number of nitrogens with zero attached hydrogens (tertiary/aromatic N) is 3. The molecular weight excluding hydrogens is 319 g/mol. The molecule has 0 bridgehead atoms. The topological polar surface area (TPSA) is 42.7 Å². The Morgan fingerprint density at radius 2 is 2.09 bits per heavy atom. The Kier molecular flexibility index (Phi) is 4.71. The molecule has 1 saturated carbocycles. The smallest absolute Gasteiger partial charge is 0.151 e. The Morgan fingerprint density at radius 1 is 1.36 bits per heavy atom. The molecule has 1 N–H and O–H groups in total. The normalized spacial score (nSPS) is 20.8. The molecule has 2 aromatic rings. The van der Waals surface area contributed by atoms with Gasteiger partial charge in [-0.05, 0) is 44.2 Å². The van der Waals surface area contributed by atoms with Gasteiger partial charge in [0.1, 0.15) is 10.7 Å². The van der Waals surface area contributed by atoms with E-state index in [0.29, 0.717) is 18.5 Å². The molecule has 1 aliphatic carbocycles. The van der Waals surface area contributed by atoms with Gasteiger partial charge >= 0.3 is 0 Å². The molecule has 118 valence electrons. The largest absolute Gasteiger partial charge is 0.307 e. The van der Waals surface area contributed by atoms with Gasteiger partial charge in [0.2, 0.25) is 0 Å². The van der Waals surface area contributed by atoms with Crippen LogP contribution in [0.5, 0.6) is 0 Å². The van der Waals surface area contributed by atoms with E-state index in [0.717, 1.165) is 30.8 Å². The van der Waals surface area contributed by atoms with Gasteiger partial charge in [0.15, 0.2) is 5.82 Å². The maximum atomic E-state index is 6.06. The number of hydrogen-bond donors (Lipinski definition) is 1. The van der Waals surface area contributed by atoms with E-state index in [1.165, 1.54) is 0 Å². The average Bonchev–Trinajstić information content (AvgIpc) is 2.92. The molecule has 2 atom stereocenters. The van der Waals surface area contributed by atoms with Crippen molar-refractivity contribution in [3.05, 3.63) is 42.5 Å². The summed E-state index contributed by atoms with van der Waals surface area (Å²) in [6.07, 6.45) is 4.79. The lowest BCUT2D eigenvalue weighted by Crippen LogP contribution is -2.27. The van der Waals surface area contributed by atoms with Crippen molar-refractivity contribution in [1.29, 1.82) is 0 Å². The molecule has 1 aromatic carbocycles. The molecule has 0 aliphatic heterocycles. The SMILES string of the molecule is C[C@@H](CC[C@H]1CC1(Cl)Cl)NCc1nncn1-c1ccccc1. The predicted molar refractivity (Wildman–Crippen MR) is 89.4 cm³/mol. The first-order chi connectivity index (χ1) is 10.6. The summed E-state index contributed by atoms with van der Waals surface area (Å²) in [6, 6.07) is 10.5. The van der Waals surface area contributed by atoms with E-state index in [2.05, 4.69) is 22.4 Å². The number of para-hydroxylation sites is 1. The molecule has 1 fully saturated rings. The molecule has 3 rings (SSSR count). The van der Waals surface area contributed by atoms with Crippen LogP contribution in [0.15, 0.2) is 36.7 Å². The van der Waals surface area contributed by atoms with Crippen molar-refractivity contribution in [2.24, 2.45) is 5.92 Å². The van der Waals surface area contributed by atoms with Crippen LogP contribution in [-0.4, -0.2) is 25.1 Å². The number of alkyl halides is 2. The zero-order valence-electron chi connectivity index (χ0n) is 12.5. The van der Waals surface area contributed by atoms with E-state index >= 15 is 0 Å². The van der Waals surface area contributed by atoms with Crippen LogP contribution in [-0.2, 0) is 6.54 Å². The van der Waals surface area contributed by atoms with Gasteiger partial charge in [-0.25, -0.2) is 0 Å². The molecular formula is C16H20Cl2N4. The summed E-state index contributed by atoms with van der Waals surface area (Å²) in [5.74, 6) is 1.36. The summed E-state index contributed by atoms with van der Waals surface area (Å²) in [4.78, 5) is 0. The van der Waals surface area contributed by atoms with Crippen molar-refractivity contribution in [1.82, 2.24) is 20.1 Å². The van der Waals surface area contributed by atoms with Gasteiger partial charge in [0, 0.05) is 11.7 Å². The van der Waals surface area contributed by atoms with E-state index in [4.69, 9.17) is 23.2 Å². The quantitative estimate of drug-likeness (QED) is 0.782. The summed E-state index contributed by atoms with van der Waals surface area (Å²) in [6.45, 7) is 2.86. The maximum Gasteiger partial charge on any atom is 0.151 e. The molecule has 22 heavy (non-hydrogen) atoms. The van der Waals surface area contributed by atoms with Gasteiger partial charge in [0.25, 0.3) is 0 Å². The Labute approximate surface area is 140 Å². The molecule has 4 nitrogen and oxygen atoms in total. The molecule has 1 heterocycles. The number of benzene rings is 1. The first kappa shape index (κ1) is 15.8. The van der Waals surface area contributed by atoms with E-state index in [1.807, 2.05) is 34.9 Å². The van der Waals surface area contributed by atoms with E-state index in [9.17, 15) is 0 Å². The summed E-state index contributed by atoms with van der Waals surface area (Å²) in [5, 5.41) is 11.7. The second-order valence-corrected chi connectivity index (χ2v) is 7.52. The maximum absolute atomic E-state index is 6.06. The number of hydrogen-bond acceptors (Lipinski definition) is 3. The zero-order chi connectivity index (χ0) is 15.6. The van der Waals surface area contributed by atoms with Crippen LogP contribution in [0.4, 0.5) is 0 Å². The van der Waals surface area contributed by atoms with E-state index in [-0.39, 0.29) is 0 Å². The van der Waals surface area contributed by atoms with Crippen molar-refractivity contribution in [3.63, 3.8) is 0 Å².